The number of para-hydroxylation sites is 1. The molecule has 1 heterocycles. The van der Waals surface area contributed by atoms with Crippen LogP contribution in [0.15, 0.2) is 60.7 Å². The molecule has 32 heavy (non-hydrogen) atoms. The largest absolute Gasteiger partial charge is 0.493 e. The summed E-state index contributed by atoms with van der Waals surface area (Å²) < 4.78 is 11.6. The molecule has 2 amide bonds. The van der Waals surface area contributed by atoms with Crippen LogP contribution in [-0.2, 0) is 4.79 Å². The smallest absolute Gasteiger partial charge is 0.255 e. The first-order valence-corrected chi connectivity index (χ1v) is 10.7. The van der Waals surface area contributed by atoms with Gasteiger partial charge in [-0.05, 0) is 36.4 Å². The highest BCUT2D eigenvalue weighted by molar-refractivity contribution is 7.21. The minimum absolute atomic E-state index is 0.124. The van der Waals surface area contributed by atoms with Crippen LogP contribution < -0.4 is 20.5 Å². The minimum Gasteiger partial charge on any atom is -0.493 e. The first-order chi connectivity index (χ1) is 15.4. The van der Waals surface area contributed by atoms with Crippen molar-refractivity contribution in [1.82, 2.24) is 4.98 Å². The van der Waals surface area contributed by atoms with Crippen molar-refractivity contribution in [3.63, 3.8) is 0 Å². The van der Waals surface area contributed by atoms with Gasteiger partial charge in [-0.2, -0.15) is 0 Å². The molecule has 0 aliphatic heterocycles. The summed E-state index contributed by atoms with van der Waals surface area (Å²) in [4.78, 5) is 28.5. The molecule has 0 saturated heterocycles. The van der Waals surface area contributed by atoms with Gasteiger partial charge in [-0.1, -0.05) is 35.9 Å². The molecular formula is C23H18ClN3O4S. The number of nitrogens with one attached hydrogen (secondary N) is 1. The lowest BCUT2D eigenvalue weighted by atomic mass is 10.1. The van der Waals surface area contributed by atoms with Crippen LogP contribution in [0.2, 0.25) is 5.02 Å². The van der Waals surface area contributed by atoms with Crippen molar-refractivity contribution >= 4 is 50.7 Å². The molecule has 0 radical (unpaired) electrons. The number of aromatic nitrogens is 1. The summed E-state index contributed by atoms with van der Waals surface area (Å²) in [6.45, 7) is -0.361. The molecule has 0 saturated carbocycles. The molecule has 0 aliphatic rings. The first kappa shape index (κ1) is 21.6. The van der Waals surface area contributed by atoms with Crippen molar-refractivity contribution < 1.29 is 19.1 Å². The van der Waals surface area contributed by atoms with Crippen LogP contribution in [0.5, 0.6) is 11.5 Å². The van der Waals surface area contributed by atoms with E-state index in [9.17, 15) is 9.59 Å². The van der Waals surface area contributed by atoms with Crippen molar-refractivity contribution in [2.75, 3.05) is 19.0 Å². The Morgan fingerprint density at radius 2 is 1.94 bits per heavy atom. The number of nitrogens with two attached hydrogens (primary N) is 1. The van der Waals surface area contributed by atoms with Gasteiger partial charge in [0.25, 0.3) is 11.8 Å². The molecule has 9 heteroatoms. The fourth-order valence-corrected chi connectivity index (χ4v) is 4.29. The molecule has 4 aromatic rings. The van der Waals surface area contributed by atoms with Crippen LogP contribution in [0, 0.1) is 0 Å². The van der Waals surface area contributed by atoms with Gasteiger partial charge >= 0.3 is 0 Å². The standard InChI is InChI=1S/C23H18ClN3O4S/c1-30-18-11-14(10-16(24)21(18)31-12-20(25)28)22(29)26-15-6-4-5-13(9-15)23-27-17-7-2-3-8-19(17)32-23/h2-11H,12H2,1H3,(H2,25,28)(H,26,29). The third kappa shape index (κ3) is 4.66. The Morgan fingerprint density at radius 3 is 2.69 bits per heavy atom. The van der Waals surface area contributed by atoms with Crippen molar-refractivity contribution in [3.05, 3.63) is 71.2 Å². The number of hydrogen-bond acceptors (Lipinski definition) is 6. The summed E-state index contributed by atoms with van der Waals surface area (Å²) in [7, 11) is 1.41. The number of primary amides is 1. The molecule has 162 valence electrons. The van der Waals surface area contributed by atoms with Crippen LogP contribution in [0.1, 0.15) is 10.4 Å². The third-order valence-corrected chi connectivity index (χ3v) is 5.88. The van der Waals surface area contributed by atoms with E-state index >= 15 is 0 Å². The quantitative estimate of drug-likeness (QED) is 0.408. The molecule has 0 unspecified atom stereocenters. The predicted octanol–water partition coefficient (Wildman–Crippen LogP) is 4.74. The molecule has 3 N–H and O–H groups in total. The van der Waals surface area contributed by atoms with E-state index in [1.165, 1.54) is 19.2 Å². The molecule has 0 aliphatic carbocycles. The zero-order valence-corrected chi connectivity index (χ0v) is 18.5. The molecule has 0 fully saturated rings. The fourth-order valence-electron chi connectivity index (χ4n) is 3.06. The Kier molecular flexibility index (Phi) is 6.25. The maximum Gasteiger partial charge on any atom is 0.255 e. The number of thiazole rings is 1. The number of hydrogen-bond donors (Lipinski definition) is 2. The molecule has 4 rings (SSSR count). The number of ether oxygens (including phenoxy) is 2. The Labute approximate surface area is 192 Å². The number of amides is 2. The third-order valence-electron chi connectivity index (χ3n) is 4.51. The fraction of sp³-hybridized carbons (Fsp3) is 0.0870. The van der Waals surface area contributed by atoms with Gasteiger partial charge in [0.1, 0.15) is 5.01 Å². The highest BCUT2D eigenvalue weighted by Crippen LogP contribution is 2.37. The number of rotatable bonds is 7. The summed E-state index contributed by atoms with van der Waals surface area (Å²) in [6, 6.07) is 18.3. The van der Waals surface area contributed by atoms with E-state index in [1.54, 1.807) is 17.4 Å². The second-order valence-corrected chi connectivity index (χ2v) is 8.20. The molecule has 1 aromatic heterocycles. The lowest BCUT2D eigenvalue weighted by Crippen LogP contribution is -2.20. The normalized spacial score (nSPS) is 10.7. The van der Waals surface area contributed by atoms with Crippen LogP contribution in [0.25, 0.3) is 20.8 Å². The number of fused-ring (bicyclic) bond motifs is 1. The summed E-state index contributed by atoms with van der Waals surface area (Å²) >= 11 is 7.83. The SMILES string of the molecule is COc1cc(C(=O)Nc2cccc(-c3nc4ccccc4s3)c2)cc(Cl)c1OCC(N)=O. The van der Waals surface area contributed by atoms with Gasteiger partial charge in [0.15, 0.2) is 18.1 Å². The second-order valence-electron chi connectivity index (χ2n) is 6.77. The van der Waals surface area contributed by atoms with E-state index in [4.69, 9.17) is 26.8 Å². The zero-order valence-electron chi connectivity index (χ0n) is 16.9. The maximum absolute atomic E-state index is 12.8. The second kappa shape index (κ2) is 9.25. The van der Waals surface area contributed by atoms with Crippen molar-refractivity contribution in [1.29, 1.82) is 0 Å². The number of benzene rings is 3. The summed E-state index contributed by atoms with van der Waals surface area (Å²) in [5.41, 5.74) is 7.81. The van der Waals surface area contributed by atoms with Crippen LogP contribution in [0.4, 0.5) is 5.69 Å². The van der Waals surface area contributed by atoms with Crippen molar-refractivity contribution in [2.45, 2.75) is 0 Å². The van der Waals surface area contributed by atoms with Gasteiger partial charge in [-0.15, -0.1) is 11.3 Å². The monoisotopic (exact) mass is 467 g/mol. The van der Waals surface area contributed by atoms with E-state index < -0.39 is 5.91 Å². The Balaban J connectivity index is 1.57. The topological polar surface area (TPSA) is 104 Å². The van der Waals surface area contributed by atoms with Gasteiger partial charge < -0.3 is 20.5 Å². The number of anilines is 1. The molecule has 0 atom stereocenters. The van der Waals surface area contributed by atoms with E-state index in [0.29, 0.717) is 5.69 Å². The highest BCUT2D eigenvalue weighted by atomic mass is 35.5. The number of carbonyl (C=O) groups excluding carboxylic acids is 2. The first-order valence-electron chi connectivity index (χ1n) is 9.50. The van der Waals surface area contributed by atoms with Crippen molar-refractivity contribution in [2.24, 2.45) is 5.73 Å². The van der Waals surface area contributed by atoms with E-state index in [1.807, 2.05) is 42.5 Å². The van der Waals surface area contributed by atoms with Crippen LogP contribution >= 0.6 is 22.9 Å². The Bertz CT molecular complexity index is 1290. The summed E-state index contributed by atoms with van der Waals surface area (Å²) in [5, 5.41) is 3.85. The maximum atomic E-state index is 12.8. The van der Waals surface area contributed by atoms with E-state index in [2.05, 4.69) is 10.3 Å². The molecule has 0 bridgehead atoms. The molecule has 7 nitrogen and oxygen atoms in total. The van der Waals surface area contributed by atoms with Crippen LogP contribution in [-0.4, -0.2) is 30.5 Å². The van der Waals surface area contributed by atoms with Gasteiger partial charge in [-0.3, -0.25) is 9.59 Å². The number of carbonyl (C=O) groups is 2. The zero-order chi connectivity index (χ0) is 22.7. The number of methoxy groups -OCH3 is 1. The predicted molar refractivity (Wildman–Crippen MR) is 126 cm³/mol. The minimum atomic E-state index is -0.655. The van der Waals surface area contributed by atoms with Crippen LogP contribution in [0.3, 0.4) is 0 Å². The van der Waals surface area contributed by atoms with Gasteiger partial charge in [0.2, 0.25) is 0 Å². The average Bonchev–Trinajstić information content (AvgIpc) is 3.22. The lowest BCUT2D eigenvalue weighted by Gasteiger charge is -2.13. The Hall–Kier alpha value is -3.62. The Morgan fingerprint density at radius 1 is 1.12 bits per heavy atom. The van der Waals surface area contributed by atoms with E-state index in [0.717, 1.165) is 20.8 Å². The lowest BCUT2D eigenvalue weighted by molar-refractivity contribution is -0.119. The summed E-state index contributed by atoms with van der Waals surface area (Å²) in [6.07, 6.45) is 0. The highest BCUT2D eigenvalue weighted by Gasteiger charge is 2.17. The van der Waals surface area contributed by atoms with E-state index in [-0.39, 0.29) is 34.6 Å². The van der Waals surface area contributed by atoms with Gasteiger partial charge in [0.05, 0.1) is 22.3 Å². The number of halogens is 1. The molecule has 0 spiro atoms. The van der Waals surface area contributed by atoms with Gasteiger partial charge in [-0.25, -0.2) is 4.98 Å². The van der Waals surface area contributed by atoms with Crippen molar-refractivity contribution in [3.8, 4) is 22.1 Å². The summed E-state index contributed by atoms with van der Waals surface area (Å²) in [5.74, 6) is -0.680. The average molecular weight is 468 g/mol. The molecule has 3 aromatic carbocycles. The molecular weight excluding hydrogens is 450 g/mol. The van der Waals surface area contributed by atoms with Gasteiger partial charge in [0, 0.05) is 16.8 Å². The number of nitrogens with zero attached hydrogens (tertiary/aromatic N) is 1.